The van der Waals surface area contributed by atoms with Crippen LogP contribution in [0.1, 0.15) is 17.3 Å². The SMILES string of the molecule is COC[C@H]1[Se]C[C@H](OC(C)=O)[C@@H](OC(=O)c2ccccc2)[C@H]1OC. The molecule has 6 nitrogen and oxygen atoms in total. The molecular formula is C17H22O6Se. The molecule has 0 amide bonds. The van der Waals surface area contributed by atoms with E-state index < -0.39 is 24.1 Å². The first-order chi connectivity index (χ1) is 11.6. The minimum absolute atomic E-state index is 0.132. The molecular weight excluding hydrogens is 379 g/mol. The van der Waals surface area contributed by atoms with Gasteiger partial charge in [0.2, 0.25) is 0 Å². The number of benzene rings is 1. The molecule has 0 radical (unpaired) electrons. The summed E-state index contributed by atoms with van der Waals surface area (Å²) in [6, 6.07) is 8.74. The average molecular weight is 401 g/mol. The van der Waals surface area contributed by atoms with E-state index in [0.717, 1.165) is 0 Å². The van der Waals surface area contributed by atoms with Crippen LogP contribution < -0.4 is 0 Å². The van der Waals surface area contributed by atoms with E-state index in [1.807, 2.05) is 6.07 Å². The van der Waals surface area contributed by atoms with Crippen molar-refractivity contribution in [2.75, 3.05) is 20.8 Å². The zero-order chi connectivity index (χ0) is 17.5. The predicted octanol–water partition coefficient (Wildman–Crippen LogP) is 1.73. The third kappa shape index (κ3) is 4.80. The summed E-state index contributed by atoms with van der Waals surface area (Å²) >= 11 is 0.159. The van der Waals surface area contributed by atoms with Crippen molar-refractivity contribution in [3.63, 3.8) is 0 Å². The fraction of sp³-hybridized carbons (Fsp3) is 0.529. The second kappa shape index (κ2) is 9.18. The molecule has 1 aromatic carbocycles. The molecule has 0 unspecified atom stereocenters. The molecule has 132 valence electrons. The van der Waals surface area contributed by atoms with Gasteiger partial charge < -0.3 is 0 Å². The van der Waals surface area contributed by atoms with Crippen LogP contribution in [-0.2, 0) is 23.7 Å². The van der Waals surface area contributed by atoms with Gasteiger partial charge in [0.1, 0.15) is 0 Å². The molecule has 1 fully saturated rings. The van der Waals surface area contributed by atoms with Gasteiger partial charge in [-0.25, -0.2) is 0 Å². The second-order valence-electron chi connectivity index (χ2n) is 5.41. The molecule has 0 bridgehead atoms. The zero-order valence-corrected chi connectivity index (χ0v) is 15.7. The number of carbonyl (C=O) groups excluding carboxylic acids is 2. The van der Waals surface area contributed by atoms with E-state index in [4.69, 9.17) is 18.9 Å². The Morgan fingerprint density at radius 3 is 2.42 bits per heavy atom. The second-order valence-corrected chi connectivity index (χ2v) is 8.08. The first-order valence-electron chi connectivity index (χ1n) is 7.63. The van der Waals surface area contributed by atoms with Crippen molar-refractivity contribution in [1.82, 2.24) is 0 Å². The van der Waals surface area contributed by atoms with Crippen molar-refractivity contribution in [1.29, 1.82) is 0 Å². The van der Waals surface area contributed by atoms with Crippen molar-refractivity contribution in [2.45, 2.75) is 35.4 Å². The third-order valence-corrected chi connectivity index (χ3v) is 6.54. The topological polar surface area (TPSA) is 71.1 Å². The summed E-state index contributed by atoms with van der Waals surface area (Å²) in [5.41, 5.74) is 0.452. The number of hydrogen-bond acceptors (Lipinski definition) is 6. The van der Waals surface area contributed by atoms with Crippen molar-refractivity contribution in [2.24, 2.45) is 0 Å². The van der Waals surface area contributed by atoms with Gasteiger partial charge in [-0.2, -0.15) is 0 Å². The Labute approximate surface area is 147 Å². The van der Waals surface area contributed by atoms with E-state index in [1.165, 1.54) is 6.92 Å². The summed E-state index contributed by atoms with van der Waals surface area (Å²) in [4.78, 5) is 24.0. The molecule has 24 heavy (non-hydrogen) atoms. The third-order valence-electron chi connectivity index (χ3n) is 3.70. The van der Waals surface area contributed by atoms with Crippen LogP contribution in [0.2, 0.25) is 10.1 Å². The zero-order valence-electron chi connectivity index (χ0n) is 14.0. The molecule has 2 rings (SSSR count). The Balaban J connectivity index is 2.19. The van der Waals surface area contributed by atoms with Gasteiger partial charge in [-0.05, 0) is 0 Å². The molecule has 1 aromatic rings. The Morgan fingerprint density at radius 2 is 1.83 bits per heavy atom. The van der Waals surface area contributed by atoms with Crippen molar-refractivity contribution in [3.05, 3.63) is 35.9 Å². The van der Waals surface area contributed by atoms with E-state index >= 15 is 0 Å². The number of hydrogen-bond donors (Lipinski definition) is 0. The predicted molar refractivity (Wildman–Crippen MR) is 88.2 cm³/mol. The quantitative estimate of drug-likeness (QED) is 0.534. The Bertz CT molecular complexity index is 549. The fourth-order valence-electron chi connectivity index (χ4n) is 2.65. The van der Waals surface area contributed by atoms with Crippen LogP contribution in [0.3, 0.4) is 0 Å². The normalized spacial score (nSPS) is 26.6. The molecule has 0 saturated carbocycles. The van der Waals surface area contributed by atoms with Gasteiger partial charge in [0, 0.05) is 0 Å². The molecule has 0 N–H and O–H groups in total. The van der Waals surface area contributed by atoms with Gasteiger partial charge in [-0.3, -0.25) is 0 Å². The average Bonchev–Trinajstić information content (AvgIpc) is 2.58. The molecule has 4 atom stereocenters. The minimum atomic E-state index is -0.651. The Morgan fingerprint density at radius 1 is 1.12 bits per heavy atom. The van der Waals surface area contributed by atoms with Crippen LogP contribution in [-0.4, -0.2) is 66.0 Å². The standard InChI is InChI=1S/C17H22O6Se/c1-11(18)22-13-10-24-14(9-20-2)16(21-3)15(13)23-17(19)12-7-5-4-6-8-12/h4-8,13-16H,9-10H2,1-3H3/t13-,14+,15+,16-/m0/s1. The van der Waals surface area contributed by atoms with Crippen LogP contribution in [0, 0.1) is 0 Å². The maximum atomic E-state index is 12.4. The number of carbonyl (C=O) groups is 2. The van der Waals surface area contributed by atoms with E-state index in [-0.39, 0.29) is 25.9 Å². The van der Waals surface area contributed by atoms with E-state index in [1.54, 1.807) is 38.5 Å². The van der Waals surface area contributed by atoms with Crippen LogP contribution >= 0.6 is 0 Å². The first-order valence-corrected chi connectivity index (χ1v) is 9.83. The van der Waals surface area contributed by atoms with E-state index in [0.29, 0.717) is 17.5 Å². The summed E-state index contributed by atoms with van der Waals surface area (Å²) in [6.45, 7) is 1.87. The van der Waals surface area contributed by atoms with Crippen LogP contribution in [0.5, 0.6) is 0 Å². The van der Waals surface area contributed by atoms with E-state index in [9.17, 15) is 9.59 Å². The van der Waals surface area contributed by atoms with Crippen molar-refractivity contribution < 1.29 is 28.5 Å². The molecule has 0 spiro atoms. The van der Waals surface area contributed by atoms with Gasteiger partial charge in [0.05, 0.1) is 0 Å². The Kier molecular flexibility index (Phi) is 7.24. The number of esters is 2. The fourth-order valence-corrected chi connectivity index (χ4v) is 5.55. The van der Waals surface area contributed by atoms with E-state index in [2.05, 4.69) is 0 Å². The maximum absolute atomic E-state index is 12.4. The molecule has 1 saturated heterocycles. The first kappa shape index (κ1) is 18.9. The van der Waals surface area contributed by atoms with Crippen LogP contribution in [0.15, 0.2) is 30.3 Å². The number of ether oxygens (including phenoxy) is 4. The van der Waals surface area contributed by atoms with Gasteiger partial charge in [-0.1, -0.05) is 0 Å². The van der Waals surface area contributed by atoms with Crippen LogP contribution in [0.4, 0.5) is 0 Å². The molecule has 0 aromatic heterocycles. The summed E-state index contributed by atoms with van der Waals surface area (Å²) in [5, 5.41) is 0.660. The van der Waals surface area contributed by atoms with Gasteiger partial charge >= 0.3 is 148 Å². The molecule has 1 aliphatic heterocycles. The molecule has 7 heteroatoms. The molecule has 1 aliphatic rings. The summed E-state index contributed by atoms with van der Waals surface area (Å²) in [7, 11) is 3.20. The number of methoxy groups -OCH3 is 2. The van der Waals surface area contributed by atoms with Crippen molar-refractivity contribution in [3.8, 4) is 0 Å². The summed E-state index contributed by atoms with van der Waals surface area (Å²) in [6.07, 6.45) is -1.51. The van der Waals surface area contributed by atoms with Gasteiger partial charge in [0.25, 0.3) is 0 Å². The van der Waals surface area contributed by atoms with Crippen molar-refractivity contribution >= 4 is 26.9 Å². The molecule has 1 heterocycles. The summed E-state index contributed by atoms with van der Waals surface area (Å²) < 4.78 is 21.9. The number of rotatable bonds is 6. The monoisotopic (exact) mass is 402 g/mol. The Hall–Kier alpha value is -1.40. The van der Waals surface area contributed by atoms with Gasteiger partial charge in [-0.15, -0.1) is 0 Å². The summed E-state index contributed by atoms with van der Waals surface area (Å²) in [5.74, 6) is -0.845. The van der Waals surface area contributed by atoms with Gasteiger partial charge in [0.15, 0.2) is 0 Å². The van der Waals surface area contributed by atoms with Crippen LogP contribution in [0.25, 0.3) is 0 Å². The molecule has 0 aliphatic carbocycles.